The number of amides is 1. The van der Waals surface area contributed by atoms with Gasteiger partial charge in [-0.05, 0) is 31.2 Å². The molecule has 27 heavy (non-hydrogen) atoms. The lowest BCUT2D eigenvalue weighted by Gasteiger charge is -2.09. The summed E-state index contributed by atoms with van der Waals surface area (Å²) in [7, 11) is 0. The number of carbonyl (C=O) groups excluding carboxylic acids is 3. The van der Waals surface area contributed by atoms with Gasteiger partial charge in [-0.2, -0.15) is 0 Å². The van der Waals surface area contributed by atoms with E-state index < -0.39 is 24.3 Å². The van der Waals surface area contributed by atoms with Crippen LogP contribution < -0.4 is 10.6 Å². The molecule has 0 atom stereocenters. The fourth-order valence-corrected chi connectivity index (χ4v) is 2.40. The van der Waals surface area contributed by atoms with Crippen molar-refractivity contribution >= 4 is 29.0 Å². The summed E-state index contributed by atoms with van der Waals surface area (Å²) in [6, 6.07) is 16.1. The van der Waals surface area contributed by atoms with Crippen LogP contribution in [0.25, 0.3) is 0 Å². The molecule has 7 heteroatoms. The highest BCUT2D eigenvalue weighted by molar-refractivity contribution is 6.20. The van der Waals surface area contributed by atoms with E-state index in [1.165, 1.54) is 0 Å². The van der Waals surface area contributed by atoms with Crippen molar-refractivity contribution in [1.29, 1.82) is 0 Å². The van der Waals surface area contributed by atoms with Gasteiger partial charge in [-0.1, -0.05) is 35.9 Å². The van der Waals surface area contributed by atoms with Gasteiger partial charge in [0.25, 0.3) is 5.91 Å². The van der Waals surface area contributed by atoms with Crippen molar-refractivity contribution in [3.8, 4) is 0 Å². The Hall–Kier alpha value is -3.61. The molecule has 1 heterocycles. The van der Waals surface area contributed by atoms with E-state index in [9.17, 15) is 14.4 Å². The second-order valence-electron chi connectivity index (χ2n) is 5.90. The summed E-state index contributed by atoms with van der Waals surface area (Å²) >= 11 is 0. The van der Waals surface area contributed by atoms with Gasteiger partial charge in [-0.3, -0.25) is 9.59 Å². The molecule has 0 aromatic heterocycles. The van der Waals surface area contributed by atoms with Crippen molar-refractivity contribution in [3.05, 3.63) is 71.6 Å². The molecule has 1 aliphatic heterocycles. The molecule has 2 aromatic carbocycles. The maximum Gasteiger partial charge on any atom is 0.347 e. The minimum Gasteiger partial charge on any atom is -0.470 e. The Kier molecular flexibility index (Phi) is 5.51. The zero-order valence-corrected chi connectivity index (χ0v) is 14.7. The van der Waals surface area contributed by atoms with Crippen LogP contribution in [0.5, 0.6) is 0 Å². The number of carbonyl (C=O) groups is 3. The number of ether oxygens (including phenoxy) is 2. The number of aryl methyl sites for hydroxylation is 1. The molecule has 2 aromatic rings. The normalized spacial score (nSPS) is 13.1. The molecule has 0 bridgehead atoms. The monoisotopic (exact) mass is 366 g/mol. The Morgan fingerprint density at radius 1 is 1.04 bits per heavy atom. The van der Waals surface area contributed by atoms with Gasteiger partial charge >= 0.3 is 5.97 Å². The standard InChI is InChI=1S/C20H18N2O5/c1-13-7-9-15(10-8-13)21-17(24)12-27-20(25)18-16(23)11-26-19(18)22-14-5-3-2-4-6-14/h2-10,22H,11-12H2,1H3,(H,21,24). The summed E-state index contributed by atoms with van der Waals surface area (Å²) in [4.78, 5) is 36.2. The molecule has 3 rings (SSSR count). The number of ketones is 1. The molecule has 0 saturated carbocycles. The molecule has 0 spiro atoms. The Morgan fingerprint density at radius 2 is 1.74 bits per heavy atom. The summed E-state index contributed by atoms with van der Waals surface area (Å²) in [5.74, 6) is -1.89. The second-order valence-corrected chi connectivity index (χ2v) is 5.90. The topological polar surface area (TPSA) is 93.7 Å². The van der Waals surface area contributed by atoms with Gasteiger partial charge in [0.2, 0.25) is 11.7 Å². The quantitative estimate of drug-likeness (QED) is 0.602. The van der Waals surface area contributed by atoms with Crippen LogP contribution in [-0.2, 0) is 23.9 Å². The first-order valence-electron chi connectivity index (χ1n) is 8.29. The number of hydrogen-bond acceptors (Lipinski definition) is 6. The summed E-state index contributed by atoms with van der Waals surface area (Å²) in [6.07, 6.45) is 0. The van der Waals surface area contributed by atoms with Crippen LogP contribution in [-0.4, -0.2) is 30.9 Å². The van der Waals surface area contributed by atoms with Crippen molar-refractivity contribution in [2.75, 3.05) is 23.8 Å². The zero-order valence-electron chi connectivity index (χ0n) is 14.7. The summed E-state index contributed by atoms with van der Waals surface area (Å²) in [6.45, 7) is 1.17. The lowest BCUT2D eigenvalue weighted by Crippen LogP contribution is -2.23. The third-order valence-corrected chi connectivity index (χ3v) is 3.76. The third-order valence-electron chi connectivity index (χ3n) is 3.76. The highest BCUT2D eigenvalue weighted by atomic mass is 16.5. The molecule has 0 aliphatic carbocycles. The number of Topliss-reactive ketones (excluding diaryl/α,β-unsaturated/α-hetero) is 1. The summed E-state index contributed by atoms with van der Waals surface area (Å²) < 4.78 is 10.2. The molecular formula is C20H18N2O5. The molecule has 0 saturated heterocycles. The molecule has 138 valence electrons. The van der Waals surface area contributed by atoms with E-state index >= 15 is 0 Å². The van der Waals surface area contributed by atoms with E-state index in [1.807, 2.05) is 25.1 Å². The number of nitrogens with one attached hydrogen (secondary N) is 2. The van der Waals surface area contributed by atoms with E-state index in [0.717, 1.165) is 5.56 Å². The van der Waals surface area contributed by atoms with Crippen LogP contribution in [0.3, 0.4) is 0 Å². The maximum atomic E-state index is 12.3. The molecule has 2 N–H and O–H groups in total. The first-order chi connectivity index (χ1) is 13.0. The van der Waals surface area contributed by atoms with Gasteiger partial charge in [-0.25, -0.2) is 4.79 Å². The number of anilines is 2. The van der Waals surface area contributed by atoms with Crippen molar-refractivity contribution in [1.82, 2.24) is 0 Å². The molecule has 0 radical (unpaired) electrons. The van der Waals surface area contributed by atoms with Gasteiger partial charge in [0.1, 0.15) is 0 Å². The first-order valence-corrected chi connectivity index (χ1v) is 8.29. The fourth-order valence-electron chi connectivity index (χ4n) is 2.40. The third kappa shape index (κ3) is 4.72. The fraction of sp³-hybridized carbons (Fsp3) is 0.150. The van der Waals surface area contributed by atoms with E-state index in [0.29, 0.717) is 11.4 Å². The number of rotatable bonds is 6. The molecule has 0 unspecified atom stereocenters. The summed E-state index contributed by atoms with van der Waals surface area (Å²) in [5.41, 5.74) is 2.07. The van der Waals surface area contributed by atoms with Crippen LogP contribution in [0.4, 0.5) is 11.4 Å². The Morgan fingerprint density at radius 3 is 2.44 bits per heavy atom. The Bertz CT molecular complexity index is 888. The van der Waals surface area contributed by atoms with Crippen LogP contribution in [0, 0.1) is 6.92 Å². The predicted molar refractivity (Wildman–Crippen MR) is 98.8 cm³/mol. The molecule has 1 aliphatic rings. The van der Waals surface area contributed by atoms with Crippen LogP contribution in [0.2, 0.25) is 0 Å². The highest BCUT2D eigenvalue weighted by Gasteiger charge is 2.32. The van der Waals surface area contributed by atoms with Gasteiger partial charge in [-0.15, -0.1) is 0 Å². The van der Waals surface area contributed by atoms with E-state index in [-0.39, 0.29) is 18.1 Å². The zero-order chi connectivity index (χ0) is 19.2. The second kappa shape index (κ2) is 8.18. The largest absolute Gasteiger partial charge is 0.470 e. The van der Waals surface area contributed by atoms with Crippen molar-refractivity contribution in [3.63, 3.8) is 0 Å². The Labute approximate surface area is 156 Å². The van der Waals surface area contributed by atoms with Gasteiger partial charge in [0.15, 0.2) is 18.8 Å². The van der Waals surface area contributed by atoms with Crippen molar-refractivity contribution in [2.45, 2.75) is 6.92 Å². The van der Waals surface area contributed by atoms with Gasteiger partial charge < -0.3 is 20.1 Å². The van der Waals surface area contributed by atoms with E-state index in [4.69, 9.17) is 9.47 Å². The Balaban J connectivity index is 1.61. The average Bonchev–Trinajstić information content (AvgIpc) is 3.03. The van der Waals surface area contributed by atoms with Gasteiger partial charge in [0.05, 0.1) is 0 Å². The molecule has 1 amide bonds. The van der Waals surface area contributed by atoms with Gasteiger partial charge in [0, 0.05) is 11.4 Å². The van der Waals surface area contributed by atoms with Crippen LogP contribution in [0.15, 0.2) is 66.1 Å². The molecular weight excluding hydrogens is 348 g/mol. The number of benzene rings is 2. The van der Waals surface area contributed by atoms with Crippen molar-refractivity contribution < 1.29 is 23.9 Å². The van der Waals surface area contributed by atoms with Crippen LogP contribution in [0.1, 0.15) is 5.56 Å². The molecule has 7 nitrogen and oxygen atoms in total. The lowest BCUT2D eigenvalue weighted by atomic mass is 10.2. The minimum atomic E-state index is -0.907. The molecule has 0 fully saturated rings. The van der Waals surface area contributed by atoms with Crippen molar-refractivity contribution in [2.24, 2.45) is 0 Å². The summed E-state index contributed by atoms with van der Waals surface area (Å²) in [5, 5.41) is 5.48. The lowest BCUT2D eigenvalue weighted by molar-refractivity contribution is -0.144. The minimum absolute atomic E-state index is 0.0233. The predicted octanol–water partition coefficient (Wildman–Crippen LogP) is 2.40. The maximum absolute atomic E-state index is 12.3. The number of esters is 1. The SMILES string of the molecule is Cc1ccc(NC(=O)COC(=O)C2=C(Nc3ccccc3)OCC2=O)cc1. The highest BCUT2D eigenvalue weighted by Crippen LogP contribution is 2.20. The smallest absolute Gasteiger partial charge is 0.347 e. The number of hydrogen-bond donors (Lipinski definition) is 2. The number of para-hydroxylation sites is 1. The van der Waals surface area contributed by atoms with E-state index in [1.54, 1.807) is 36.4 Å². The van der Waals surface area contributed by atoms with Crippen LogP contribution >= 0.6 is 0 Å². The average molecular weight is 366 g/mol. The van der Waals surface area contributed by atoms with E-state index in [2.05, 4.69) is 10.6 Å². The first kappa shape index (κ1) is 18.2.